The first-order chi connectivity index (χ1) is 14.9. The van der Waals surface area contributed by atoms with Gasteiger partial charge in [-0.15, -0.1) is 10.2 Å². The maximum Gasteiger partial charge on any atom is 0.234 e. The Morgan fingerprint density at radius 1 is 1.16 bits per heavy atom. The molecule has 0 unspecified atom stereocenters. The van der Waals surface area contributed by atoms with E-state index in [1.165, 1.54) is 37.1 Å². The average molecular weight is 467 g/mol. The molecule has 0 saturated carbocycles. The fraction of sp³-hybridized carbons (Fsp3) is 0.250. The summed E-state index contributed by atoms with van der Waals surface area (Å²) < 4.78 is 31.0. The van der Waals surface area contributed by atoms with E-state index in [1.54, 1.807) is 36.9 Å². The fourth-order valence-electron chi connectivity index (χ4n) is 2.53. The van der Waals surface area contributed by atoms with Gasteiger partial charge in [-0.05, 0) is 24.3 Å². The molecule has 1 heterocycles. The van der Waals surface area contributed by atoms with Crippen molar-refractivity contribution in [2.75, 3.05) is 25.3 Å². The van der Waals surface area contributed by atoms with Crippen molar-refractivity contribution >= 4 is 35.0 Å². The van der Waals surface area contributed by atoms with E-state index in [0.717, 1.165) is 0 Å². The van der Waals surface area contributed by atoms with Gasteiger partial charge in [-0.25, -0.2) is 4.39 Å². The summed E-state index contributed by atoms with van der Waals surface area (Å²) in [4.78, 5) is 12.4. The van der Waals surface area contributed by atoms with E-state index in [1.807, 2.05) is 0 Å². The van der Waals surface area contributed by atoms with Crippen LogP contribution in [0.3, 0.4) is 0 Å². The van der Waals surface area contributed by atoms with Gasteiger partial charge in [0.1, 0.15) is 29.7 Å². The van der Waals surface area contributed by atoms with Crippen LogP contribution in [-0.2, 0) is 18.4 Å². The third kappa shape index (κ3) is 5.80. The molecule has 1 amide bonds. The van der Waals surface area contributed by atoms with E-state index in [-0.39, 0.29) is 23.3 Å². The largest absolute Gasteiger partial charge is 0.497 e. The molecule has 11 heteroatoms. The predicted molar refractivity (Wildman–Crippen MR) is 116 cm³/mol. The number of nitrogens with one attached hydrogen (secondary N) is 1. The quantitative estimate of drug-likeness (QED) is 0.478. The summed E-state index contributed by atoms with van der Waals surface area (Å²) in [5.41, 5.74) is 0.541. The second-order valence-electron chi connectivity index (χ2n) is 6.23. The highest BCUT2D eigenvalue weighted by Crippen LogP contribution is 2.29. The molecule has 31 heavy (non-hydrogen) atoms. The summed E-state index contributed by atoms with van der Waals surface area (Å²) in [6.45, 7) is 0.112. The lowest BCUT2D eigenvalue weighted by Gasteiger charge is -2.11. The van der Waals surface area contributed by atoms with Crippen LogP contribution in [0.15, 0.2) is 41.6 Å². The van der Waals surface area contributed by atoms with E-state index in [0.29, 0.717) is 33.9 Å². The summed E-state index contributed by atoms with van der Waals surface area (Å²) >= 11 is 6.98. The first-order valence-electron chi connectivity index (χ1n) is 9.02. The number of aromatic nitrogens is 3. The number of hydrogen-bond acceptors (Lipinski definition) is 7. The van der Waals surface area contributed by atoms with Gasteiger partial charge in [0.05, 0.1) is 30.7 Å². The topological polar surface area (TPSA) is 87.5 Å². The number of halogens is 2. The van der Waals surface area contributed by atoms with Gasteiger partial charge in [0, 0.05) is 19.2 Å². The molecule has 2 aromatic carbocycles. The number of hydrogen-bond donors (Lipinski definition) is 1. The third-order valence-corrected chi connectivity index (χ3v) is 5.51. The van der Waals surface area contributed by atoms with Crippen molar-refractivity contribution in [3.63, 3.8) is 0 Å². The number of rotatable bonds is 9. The summed E-state index contributed by atoms with van der Waals surface area (Å²) in [6, 6.07) is 9.22. The van der Waals surface area contributed by atoms with Crippen LogP contribution in [0.1, 0.15) is 5.82 Å². The van der Waals surface area contributed by atoms with Gasteiger partial charge in [-0.1, -0.05) is 23.4 Å². The molecule has 1 aromatic heterocycles. The number of benzene rings is 2. The van der Waals surface area contributed by atoms with Gasteiger partial charge in [-0.3, -0.25) is 4.79 Å². The summed E-state index contributed by atoms with van der Waals surface area (Å²) in [5.74, 6) is 1.46. The molecule has 3 aromatic rings. The van der Waals surface area contributed by atoms with E-state index >= 15 is 0 Å². The fourth-order valence-corrected chi connectivity index (χ4v) is 3.43. The molecule has 0 aliphatic carbocycles. The zero-order valence-corrected chi connectivity index (χ0v) is 18.6. The normalized spacial score (nSPS) is 10.6. The molecule has 0 bridgehead atoms. The zero-order chi connectivity index (χ0) is 22.4. The van der Waals surface area contributed by atoms with Crippen LogP contribution in [0, 0.1) is 5.82 Å². The van der Waals surface area contributed by atoms with Crippen molar-refractivity contribution in [1.82, 2.24) is 14.8 Å². The third-order valence-electron chi connectivity index (χ3n) is 4.20. The molecule has 0 fully saturated rings. The molecule has 0 spiro atoms. The Hall–Kier alpha value is -2.98. The number of thioether (sulfide) groups is 1. The monoisotopic (exact) mass is 466 g/mol. The van der Waals surface area contributed by atoms with Gasteiger partial charge in [0.25, 0.3) is 0 Å². The first-order valence-corrected chi connectivity index (χ1v) is 10.4. The number of nitrogens with zero attached hydrogens (tertiary/aromatic N) is 3. The Kier molecular flexibility index (Phi) is 7.59. The molecule has 0 aliphatic rings. The molecule has 8 nitrogen and oxygen atoms in total. The van der Waals surface area contributed by atoms with Gasteiger partial charge in [0.2, 0.25) is 5.91 Å². The Balaban J connectivity index is 1.56. The molecule has 0 aliphatic heterocycles. The van der Waals surface area contributed by atoms with Crippen molar-refractivity contribution in [3.05, 3.63) is 53.1 Å². The number of anilines is 1. The first kappa shape index (κ1) is 22.7. The molecule has 0 saturated heterocycles. The Labute approximate surface area is 187 Å². The molecule has 0 atom stereocenters. The molecule has 164 valence electrons. The molecular formula is C20H20ClFN4O4S. The summed E-state index contributed by atoms with van der Waals surface area (Å²) in [6.07, 6.45) is 0. The van der Waals surface area contributed by atoms with Crippen molar-refractivity contribution in [2.24, 2.45) is 7.05 Å². The number of amides is 1. The maximum atomic E-state index is 13.2. The van der Waals surface area contributed by atoms with Crippen LogP contribution < -0.4 is 19.5 Å². The van der Waals surface area contributed by atoms with Crippen molar-refractivity contribution in [2.45, 2.75) is 11.8 Å². The molecule has 3 rings (SSSR count). The Morgan fingerprint density at radius 2 is 1.94 bits per heavy atom. The number of carbonyl (C=O) groups excluding carboxylic acids is 1. The van der Waals surface area contributed by atoms with E-state index in [9.17, 15) is 9.18 Å². The zero-order valence-electron chi connectivity index (χ0n) is 17.0. The molecular weight excluding hydrogens is 447 g/mol. The van der Waals surface area contributed by atoms with Gasteiger partial charge < -0.3 is 24.1 Å². The average Bonchev–Trinajstić information content (AvgIpc) is 3.12. The maximum absolute atomic E-state index is 13.2. The Bertz CT molecular complexity index is 1080. The van der Waals surface area contributed by atoms with Crippen LogP contribution in [-0.4, -0.2) is 40.6 Å². The lowest BCUT2D eigenvalue weighted by atomic mass is 10.2. The molecule has 0 radical (unpaired) electrons. The minimum absolute atomic E-state index is 0.0220. The highest BCUT2D eigenvalue weighted by atomic mass is 35.5. The number of methoxy groups -OCH3 is 2. The van der Waals surface area contributed by atoms with Crippen LogP contribution in [0.5, 0.6) is 17.2 Å². The van der Waals surface area contributed by atoms with Gasteiger partial charge in [-0.2, -0.15) is 0 Å². The number of carbonyl (C=O) groups is 1. The standard InChI is InChI=1S/C20H20ClFN4O4S/c1-26-18(10-30-13-4-6-15(22)14(21)8-13)24-25-20(26)31-11-19(27)23-16-7-5-12(28-2)9-17(16)29-3/h4-9H,10-11H2,1-3H3,(H,23,27). The second-order valence-corrected chi connectivity index (χ2v) is 7.58. The minimum Gasteiger partial charge on any atom is -0.497 e. The van der Waals surface area contributed by atoms with Gasteiger partial charge in [0.15, 0.2) is 11.0 Å². The lowest BCUT2D eigenvalue weighted by Crippen LogP contribution is -2.15. The summed E-state index contributed by atoms with van der Waals surface area (Å²) in [5, 5.41) is 11.5. The highest BCUT2D eigenvalue weighted by molar-refractivity contribution is 7.99. The second kappa shape index (κ2) is 10.4. The van der Waals surface area contributed by atoms with E-state index < -0.39 is 5.82 Å². The lowest BCUT2D eigenvalue weighted by molar-refractivity contribution is -0.113. The molecule has 1 N–H and O–H groups in total. The predicted octanol–water partition coefficient (Wildman–Crippen LogP) is 3.93. The minimum atomic E-state index is -0.517. The van der Waals surface area contributed by atoms with Gasteiger partial charge >= 0.3 is 0 Å². The van der Waals surface area contributed by atoms with E-state index in [4.69, 9.17) is 25.8 Å². The highest BCUT2D eigenvalue weighted by Gasteiger charge is 2.14. The summed E-state index contributed by atoms with van der Waals surface area (Å²) in [7, 11) is 4.84. The van der Waals surface area contributed by atoms with Crippen LogP contribution in [0.4, 0.5) is 10.1 Å². The van der Waals surface area contributed by atoms with Crippen molar-refractivity contribution < 1.29 is 23.4 Å². The van der Waals surface area contributed by atoms with Crippen LogP contribution in [0.25, 0.3) is 0 Å². The van der Waals surface area contributed by atoms with E-state index in [2.05, 4.69) is 15.5 Å². The van der Waals surface area contributed by atoms with Crippen LogP contribution in [0.2, 0.25) is 5.02 Å². The van der Waals surface area contributed by atoms with Crippen LogP contribution >= 0.6 is 23.4 Å². The SMILES string of the molecule is COc1ccc(NC(=O)CSc2nnc(COc3ccc(F)c(Cl)c3)n2C)c(OC)c1. The van der Waals surface area contributed by atoms with Crippen molar-refractivity contribution in [3.8, 4) is 17.2 Å². The van der Waals surface area contributed by atoms with Crippen molar-refractivity contribution in [1.29, 1.82) is 0 Å². The smallest absolute Gasteiger partial charge is 0.234 e. The number of ether oxygens (including phenoxy) is 3. The Morgan fingerprint density at radius 3 is 2.65 bits per heavy atom.